The molecule has 1 aliphatic rings. The number of aliphatic hydroxyl groups excluding tert-OH is 1. The summed E-state index contributed by atoms with van der Waals surface area (Å²) in [6.07, 6.45) is 3.66. The van der Waals surface area contributed by atoms with E-state index >= 15 is 0 Å². The van der Waals surface area contributed by atoms with Crippen molar-refractivity contribution < 1.29 is 9.90 Å². The maximum absolute atomic E-state index is 12.4. The lowest BCUT2D eigenvalue weighted by molar-refractivity contribution is 0.0824. The van der Waals surface area contributed by atoms with Gasteiger partial charge < -0.3 is 10.4 Å². The molecule has 0 bridgehead atoms. The maximum Gasteiger partial charge on any atom is 0.253 e. The summed E-state index contributed by atoms with van der Waals surface area (Å²) < 4.78 is 1.70. The fraction of sp³-hybridized carbons (Fsp3) is 0.533. The lowest BCUT2D eigenvalue weighted by Crippen LogP contribution is -2.50. The molecule has 2 heterocycles. The Morgan fingerprint density at radius 1 is 1.57 bits per heavy atom. The fourth-order valence-corrected chi connectivity index (χ4v) is 2.75. The summed E-state index contributed by atoms with van der Waals surface area (Å²) in [6.45, 7) is 3.74. The molecule has 3 rings (SSSR count). The van der Waals surface area contributed by atoms with E-state index in [1.807, 2.05) is 27.0 Å². The van der Waals surface area contributed by atoms with Crippen LogP contribution in [-0.4, -0.2) is 37.9 Å². The number of amides is 1. The Bertz CT molecular complexity index is 705. The molecule has 0 spiro atoms. The number of carbonyl (C=O) groups is 1. The van der Waals surface area contributed by atoms with Gasteiger partial charge in [-0.3, -0.25) is 9.48 Å². The number of hydrogen-bond donors (Lipinski definition) is 2. The van der Waals surface area contributed by atoms with E-state index in [1.165, 1.54) is 0 Å². The molecule has 2 aromatic rings. The van der Waals surface area contributed by atoms with Crippen LogP contribution in [0.15, 0.2) is 12.3 Å². The molecule has 1 amide bonds. The largest absolute Gasteiger partial charge is 0.394 e. The topological polar surface area (TPSA) is 80.0 Å². The number of carbonyl (C=O) groups excluding carboxylic acids is 1. The van der Waals surface area contributed by atoms with Gasteiger partial charge in [-0.25, -0.2) is 4.98 Å². The average molecular weight is 288 g/mol. The number of aliphatic hydroxyl groups is 1. The van der Waals surface area contributed by atoms with Gasteiger partial charge in [0.15, 0.2) is 5.65 Å². The predicted octanol–water partition coefficient (Wildman–Crippen LogP) is 1.17. The number of hydrogen-bond acceptors (Lipinski definition) is 4. The van der Waals surface area contributed by atoms with Crippen molar-refractivity contribution in [1.82, 2.24) is 20.1 Å². The van der Waals surface area contributed by atoms with Crippen molar-refractivity contribution in [2.45, 2.75) is 32.2 Å². The van der Waals surface area contributed by atoms with E-state index in [1.54, 1.807) is 10.9 Å². The zero-order chi connectivity index (χ0) is 15.2. The second kappa shape index (κ2) is 4.80. The van der Waals surface area contributed by atoms with E-state index in [4.69, 9.17) is 0 Å². The molecule has 1 atom stereocenters. The van der Waals surface area contributed by atoms with Crippen LogP contribution in [0.25, 0.3) is 11.0 Å². The van der Waals surface area contributed by atoms with E-state index in [9.17, 15) is 9.90 Å². The molecule has 1 fully saturated rings. The highest BCUT2D eigenvalue weighted by Crippen LogP contribution is 2.39. The Kier molecular flexibility index (Phi) is 3.20. The van der Waals surface area contributed by atoms with Crippen molar-refractivity contribution in [1.29, 1.82) is 0 Å². The zero-order valence-electron chi connectivity index (χ0n) is 12.6. The van der Waals surface area contributed by atoms with E-state index in [2.05, 4.69) is 15.4 Å². The number of fused-ring (bicyclic) bond motifs is 1. The summed E-state index contributed by atoms with van der Waals surface area (Å²) in [4.78, 5) is 16.7. The van der Waals surface area contributed by atoms with E-state index in [-0.39, 0.29) is 12.5 Å². The molecule has 6 heteroatoms. The lowest BCUT2D eigenvalue weighted by atomic mass is 9.96. The number of aromatic nitrogens is 3. The summed E-state index contributed by atoms with van der Waals surface area (Å²) in [5, 5.41) is 17.7. The first-order valence-electron chi connectivity index (χ1n) is 7.17. The third kappa shape index (κ3) is 2.40. The van der Waals surface area contributed by atoms with Crippen molar-refractivity contribution >= 4 is 16.9 Å². The monoisotopic (exact) mass is 288 g/mol. The molecule has 112 valence electrons. The predicted molar refractivity (Wildman–Crippen MR) is 78.9 cm³/mol. The molecule has 0 aliphatic heterocycles. The second-order valence-electron chi connectivity index (χ2n) is 6.11. The van der Waals surface area contributed by atoms with Gasteiger partial charge in [-0.15, -0.1) is 0 Å². The Morgan fingerprint density at radius 3 is 2.90 bits per heavy atom. The summed E-state index contributed by atoms with van der Waals surface area (Å²) in [7, 11) is 1.83. The number of rotatable bonds is 4. The highest BCUT2D eigenvalue weighted by molar-refractivity contribution is 5.97. The average Bonchev–Trinajstić information content (AvgIpc) is 3.27. The van der Waals surface area contributed by atoms with Gasteiger partial charge in [0.1, 0.15) is 0 Å². The van der Waals surface area contributed by atoms with Crippen LogP contribution in [0.1, 0.15) is 35.8 Å². The smallest absolute Gasteiger partial charge is 0.253 e. The number of nitrogens with zero attached hydrogens (tertiary/aromatic N) is 3. The zero-order valence-corrected chi connectivity index (χ0v) is 12.6. The van der Waals surface area contributed by atoms with Crippen molar-refractivity contribution in [3.05, 3.63) is 23.5 Å². The third-order valence-corrected chi connectivity index (χ3v) is 4.33. The van der Waals surface area contributed by atoms with Crippen LogP contribution >= 0.6 is 0 Å². The van der Waals surface area contributed by atoms with Gasteiger partial charge in [0.2, 0.25) is 0 Å². The lowest BCUT2D eigenvalue weighted by Gasteiger charge is -2.28. The number of pyridine rings is 1. The summed E-state index contributed by atoms with van der Waals surface area (Å²) in [5.74, 6) is 0.166. The first-order chi connectivity index (χ1) is 9.94. The fourth-order valence-electron chi connectivity index (χ4n) is 2.75. The SMILES string of the molecule is Cc1nn(C)c2ncc(C(=O)NC(C)(CO)C3CC3)cc12. The Hall–Kier alpha value is -1.95. The molecule has 0 saturated heterocycles. The van der Waals surface area contributed by atoms with Gasteiger partial charge in [0.25, 0.3) is 5.91 Å². The number of nitrogens with one attached hydrogen (secondary N) is 1. The van der Waals surface area contributed by atoms with Crippen LogP contribution in [0.5, 0.6) is 0 Å². The standard InChI is InChI=1S/C15H20N4O2/c1-9-12-6-10(7-16-13(12)19(3)18-9)14(21)17-15(2,8-20)11-4-5-11/h6-7,11,20H,4-5,8H2,1-3H3,(H,17,21). The van der Waals surface area contributed by atoms with Crippen molar-refractivity contribution in [2.75, 3.05) is 6.61 Å². The second-order valence-corrected chi connectivity index (χ2v) is 6.11. The van der Waals surface area contributed by atoms with Crippen molar-refractivity contribution in [3.63, 3.8) is 0 Å². The maximum atomic E-state index is 12.4. The van der Waals surface area contributed by atoms with Crippen LogP contribution in [0.3, 0.4) is 0 Å². The van der Waals surface area contributed by atoms with Gasteiger partial charge in [-0.05, 0) is 38.7 Å². The molecule has 1 aliphatic carbocycles. The molecule has 6 nitrogen and oxygen atoms in total. The molecular weight excluding hydrogens is 268 g/mol. The highest BCUT2D eigenvalue weighted by atomic mass is 16.3. The first-order valence-corrected chi connectivity index (χ1v) is 7.17. The van der Waals surface area contributed by atoms with Gasteiger partial charge in [-0.2, -0.15) is 5.10 Å². The Labute approximate surface area is 123 Å². The molecule has 1 unspecified atom stereocenters. The minimum atomic E-state index is -0.546. The Morgan fingerprint density at radius 2 is 2.29 bits per heavy atom. The summed E-state index contributed by atoms with van der Waals surface area (Å²) >= 11 is 0. The van der Waals surface area contributed by atoms with Gasteiger partial charge in [0, 0.05) is 18.6 Å². The van der Waals surface area contributed by atoms with E-state index in [0.29, 0.717) is 11.5 Å². The van der Waals surface area contributed by atoms with Gasteiger partial charge in [0.05, 0.1) is 23.4 Å². The van der Waals surface area contributed by atoms with Crippen LogP contribution < -0.4 is 5.32 Å². The van der Waals surface area contributed by atoms with Gasteiger partial charge in [-0.1, -0.05) is 0 Å². The van der Waals surface area contributed by atoms with Crippen molar-refractivity contribution in [2.24, 2.45) is 13.0 Å². The highest BCUT2D eigenvalue weighted by Gasteiger charge is 2.42. The van der Waals surface area contributed by atoms with E-state index < -0.39 is 5.54 Å². The molecule has 0 aromatic carbocycles. The molecule has 0 radical (unpaired) electrons. The molecule has 21 heavy (non-hydrogen) atoms. The van der Waals surface area contributed by atoms with Crippen LogP contribution in [0.2, 0.25) is 0 Å². The third-order valence-electron chi connectivity index (χ3n) is 4.33. The molecule has 2 aromatic heterocycles. The normalized spacial score (nSPS) is 17.7. The Balaban J connectivity index is 1.89. The molecule has 1 saturated carbocycles. The van der Waals surface area contributed by atoms with E-state index in [0.717, 1.165) is 29.6 Å². The first kappa shape index (κ1) is 14.0. The van der Waals surface area contributed by atoms with Crippen molar-refractivity contribution in [3.8, 4) is 0 Å². The summed E-state index contributed by atoms with van der Waals surface area (Å²) in [6, 6.07) is 1.81. The van der Waals surface area contributed by atoms with Crippen LogP contribution in [0, 0.1) is 12.8 Å². The molecular formula is C15H20N4O2. The minimum absolute atomic E-state index is 0.0506. The van der Waals surface area contributed by atoms with Gasteiger partial charge >= 0.3 is 0 Å². The van der Waals surface area contributed by atoms with Crippen LogP contribution in [-0.2, 0) is 7.05 Å². The quantitative estimate of drug-likeness (QED) is 0.885. The molecule has 2 N–H and O–H groups in total. The summed E-state index contributed by atoms with van der Waals surface area (Å²) in [5.41, 5.74) is 1.56. The minimum Gasteiger partial charge on any atom is -0.394 e. The van der Waals surface area contributed by atoms with Crippen LogP contribution in [0.4, 0.5) is 0 Å². The number of aryl methyl sites for hydroxylation is 2.